The Morgan fingerprint density at radius 2 is 2.14 bits per heavy atom. The third-order valence-corrected chi connectivity index (χ3v) is 4.89. The normalized spacial score (nSPS) is 16.2. The van der Waals surface area contributed by atoms with Gasteiger partial charge >= 0.3 is 0 Å². The van der Waals surface area contributed by atoms with Crippen LogP contribution in [-0.4, -0.2) is 44.8 Å². The molecule has 1 amide bonds. The van der Waals surface area contributed by atoms with Crippen molar-refractivity contribution in [3.8, 4) is 0 Å². The average Bonchev–Trinajstić information content (AvgIpc) is 3.42. The number of hydrogen-bond acceptors (Lipinski definition) is 4. The molecule has 1 saturated heterocycles. The van der Waals surface area contributed by atoms with Crippen LogP contribution in [0, 0.1) is 0 Å². The molecule has 0 N–H and O–H groups in total. The molecular weight excluding hydrogens is 352 g/mol. The maximum absolute atomic E-state index is 13.3. The lowest BCUT2D eigenvalue weighted by Gasteiger charge is -2.25. The van der Waals surface area contributed by atoms with Crippen molar-refractivity contribution in [2.24, 2.45) is 0 Å². The van der Waals surface area contributed by atoms with E-state index < -0.39 is 0 Å². The van der Waals surface area contributed by atoms with E-state index in [2.05, 4.69) is 10.1 Å². The molecule has 4 rings (SSSR count). The van der Waals surface area contributed by atoms with Gasteiger partial charge in [0.05, 0.1) is 24.9 Å². The summed E-state index contributed by atoms with van der Waals surface area (Å²) < 4.78 is 7.62. The van der Waals surface area contributed by atoms with Crippen LogP contribution in [0.15, 0.2) is 67.1 Å². The van der Waals surface area contributed by atoms with Gasteiger partial charge in [-0.1, -0.05) is 18.2 Å². The van der Waals surface area contributed by atoms with E-state index in [0.717, 1.165) is 30.7 Å². The van der Waals surface area contributed by atoms with Crippen LogP contribution in [0.1, 0.15) is 34.5 Å². The first-order chi connectivity index (χ1) is 13.8. The van der Waals surface area contributed by atoms with Gasteiger partial charge in [-0.05, 0) is 48.7 Å². The van der Waals surface area contributed by atoms with Crippen molar-refractivity contribution in [1.29, 1.82) is 0 Å². The molecule has 1 fully saturated rings. The van der Waals surface area contributed by atoms with Crippen molar-refractivity contribution in [3.05, 3.63) is 83.9 Å². The van der Waals surface area contributed by atoms with E-state index in [1.54, 1.807) is 12.4 Å². The summed E-state index contributed by atoms with van der Waals surface area (Å²) in [6.45, 7) is 2.47. The maximum Gasteiger partial charge on any atom is 0.254 e. The number of hydrogen-bond donors (Lipinski definition) is 0. The van der Waals surface area contributed by atoms with Crippen molar-refractivity contribution >= 4 is 5.91 Å². The first kappa shape index (κ1) is 18.4. The van der Waals surface area contributed by atoms with Gasteiger partial charge in [0.25, 0.3) is 5.91 Å². The lowest BCUT2D eigenvalue weighted by molar-refractivity contribution is 0.0504. The van der Waals surface area contributed by atoms with Gasteiger partial charge in [0.15, 0.2) is 0 Å². The lowest BCUT2D eigenvalue weighted by atomic mass is 10.1. The summed E-state index contributed by atoms with van der Waals surface area (Å²) in [5.41, 5.74) is 2.60. The van der Waals surface area contributed by atoms with Crippen molar-refractivity contribution in [2.45, 2.75) is 32.0 Å². The second kappa shape index (κ2) is 8.80. The van der Waals surface area contributed by atoms with Crippen LogP contribution in [0.5, 0.6) is 0 Å². The van der Waals surface area contributed by atoms with E-state index in [0.29, 0.717) is 25.2 Å². The Morgan fingerprint density at radius 1 is 1.18 bits per heavy atom. The number of amides is 1. The Kier molecular flexibility index (Phi) is 5.77. The van der Waals surface area contributed by atoms with Gasteiger partial charge in [0, 0.05) is 37.3 Å². The zero-order chi connectivity index (χ0) is 19.2. The molecule has 1 aliphatic rings. The van der Waals surface area contributed by atoms with E-state index in [1.807, 2.05) is 64.3 Å². The van der Waals surface area contributed by atoms with Crippen molar-refractivity contribution in [1.82, 2.24) is 19.7 Å². The number of rotatable bonds is 7. The average molecular weight is 376 g/mol. The van der Waals surface area contributed by atoms with Crippen LogP contribution in [0.25, 0.3) is 0 Å². The zero-order valence-corrected chi connectivity index (χ0v) is 15.8. The summed E-state index contributed by atoms with van der Waals surface area (Å²) >= 11 is 0. The van der Waals surface area contributed by atoms with Crippen LogP contribution in [0.3, 0.4) is 0 Å². The molecule has 6 nitrogen and oxygen atoms in total. The first-order valence-corrected chi connectivity index (χ1v) is 9.65. The van der Waals surface area contributed by atoms with E-state index in [-0.39, 0.29) is 12.0 Å². The van der Waals surface area contributed by atoms with Gasteiger partial charge in [-0.2, -0.15) is 5.10 Å². The monoisotopic (exact) mass is 376 g/mol. The number of pyridine rings is 1. The molecule has 144 valence electrons. The Bertz CT molecular complexity index is 890. The molecule has 0 saturated carbocycles. The molecule has 0 radical (unpaired) electrons. The minimum atomic E-state index is 0.00321. The van der Waals surface area contributed by atoms with Crippen molar-refractivity contribution in [3.63, 3.8) is 0 Å². The van der Waals surface area contributed by atoms with Crippen LogP contribution in [0.2, 0.25) is 0 Å². The molecule has 28 heavy (non-hydrogen) atoms. The Morgan fingerprint density at radius 3 is 2.89 bits per heavy atom. The van der Waals surface area contributed by atoms with Crippen molar-refractivity contribution in [2.75, 3.05) is 13.2 Å². The summed E-state index contributed by atoms with van der Waals surface area (Å²) in [7, 11) is 0. The minimum absolute atomic E-state index is 0.00321. The van der Waals surface area contributed by atoms with E-state index >= 15 is 0 Å². The second-order valence-corrected chi connectivity index (χ2v) is 7.05. The lowest BCUT2D eigenvalue weighted by Crippen LogP contribution is -2.37. The van der Waals surface area contributed by atoms with Gasteiger partial charge in [0.2, 0.25) is 0 Å². The quantitative estimate of drug-likeness (QED) is 0.636. The summed E-state index contributed by atoms with van der Waals surface area (Å²) in [6.07, 6.45) is 7.57. The molecule has 0 bridgehead atoms. The topological polar surface area (TPSA) is 60.2 Å². The number of ether oxygens (including phenoxy) is 1. The number of nitrogens with zero attached hydrogens (tertiary/aromatic N) is 4. The Balaban J connectivity index is 1.53. The molecule has 2 aromatic heterocycles. The number of carbonyl (C=O) groups excluding carboxylic acids is 1. The van der Waals surface area contributed by atoms with Gasteiger partial charge in [-0.15, -0.1) is 0 Å². The molecule has 1 aromatic carbocycles. The highest BCUT2D eigenvalue weighted by Crippen LogP contribution is 2.18. The third-order valence-electron chi connectivity index (χ3n) is 4.89. The van der Waals surface area contributed by atoms with Gasteiger partial charge in [-0.25, -0.2) is 0 Å². The molecule has 1 unspecified atom stereocenters. The van der Waals surface area contributed by atoms with Crippen LogP contribution >= 0.6 is 0 Å². The van der Waals surface area contributed by atoms with E-state index in [1.165, 1.54) is 0 Å². The molecule has 6 heteroatoms. The maximum atomic E-state index is 13.3. The fourth-order valence-electron chi connectivity index (χ4n) is 3.51. The summed E-state index contributed by atoms with van der Waals surface area (Å²) in [4.78, 5) is 19.6. The van der Waals surface area contributed by atoms with Gasteiger partial charge in [-0.3, -0.25) is 14.5 Å². The second-order valence-electron chi connectivity index (χ2n) is 7.05. The summed E-state index contributed by atoms with van der Waals surface area (Å²) in [5.74, 6) is 0.00321. The largest absolute Gasteiger partial charge is 0.376 e. The Hall–Kier alpha value is -2.99. The smallest absolute Gasteiger partial charge is 0.254 e. The predicted octanol–water partition coefficient (Wildman–Crippen LogP) is 3.15. The molecule has 0 spiro atoms. The molecule has 3 aromatic rings. The number of carbonyl (C=O) groups is 1. The van der Waals surface area contributed by atoms with E-state index in [9.17, 15) is 4.79 Å². The van der Waals surface area contributed by atoms with Crippen molar-refractivity contribution < 1.29 is 9.53 Å². The standard InChI is InChI=1S/C22H24N4O2/c27-22(19-7-3-6-18(14-19)15-26-12-5-11-24-26)25(17-21-9-4-13-28-21)16-20-8-1-2-10-23-20/h1-3,5-8,10-12,14,21H,4,9,13,15-17H2. The van der Waals surface area contributed by atoms with Gasteiger partial charge < -0.3 is 9.64 Å². The van der Waals surface area contributed by atoms with E-state index in [4.69, 9.17) is 4.74 Å². The minimum Gasteiger partial charge on any atom is -0.376 e. The summed E-state index contributed by atoms with van der Waals surface area (Å²) in [5, 5.41) is 4.24. The SMILES string of the molecule is O=C(c1cccc(Cn2cccn2)c1)N(Cc1ccccn1)CC1CCCO1. The fraction of sp³-hybridized carbons (Fsp3) is 0.318. The molecule has 1 aliphatic heterocycles. The molecule has 3 heterocycles. The first-order valence-electron chi connectivity index (χ1n) is 9.65. The Labute approximate surface area is 164 Å². The van der Waals surface area contributed by atoms with Crippen LogP contribution < -0.4 is 0 Å². The highest BCUT2D eigenvalue weighted by Gasteiger charge is 2.24. The zero-order valence-electron chi connectivity index (χ0n) is 15.8. The molecular formula is C22H24N4O2. The predicted molar refractivity (Wildman–Crippen MR) is 106 cm³/mol. The van der Waals surface area contributed by atoms with Gasteiger partial charge in [0.1, 0.15) is 0 Å². The highest BCUT2D eigenvalue weighted by molar-refractivity contribution is 5.94. The van der Waals surface area contributed by atoms with Crippen LogP contribution in [0.4, 0.5) is 0 Å². The molecule has 0 aliphatic carbocycles. The number of aromatic nitrogens is 3. The molecule has 1 atom stereocenters. The third kappa shape index (κ3) is 4.64. The van der Waals surface area contributed by atoms with Crippen LogP contribution in [-0.2, 0) is 17.8 Å². The number of benzene rings is 1. The highest BCUT2D eigenvalue weighted by atomic mass is 16.5. The summed E-state index contributed by atoms with van der Waals surface area (Å²) in [6, 6.07) is 15.4. The fourth-order valence-corrected chi connectivity index (χ4v) is 3.51.